The summed E-state index contributed by atoms with van der Waals surface area (Å²) >= 11 is 0. The minimum Gasteiger partial charge on any atom is -0.319 e. The second kappa shape index (κ2) is 6.82. The van der Waals surface area contributed by atoms with Gasteiger partial charge in [0.05, 0.1) is 5.54 Å². The van der Waals surface area contributed by atoms with Crippen molar-refractivity contribution in [2.45, 2.75) is 122 Å². The summed E-state index contributed by atoms with van der Waals surface area (Å²) in [6, 6.07) is 0. The van der Waals surface area contributed by atoms with Crippen LogP contribution < -0.4 is 5.73 Å². The first-order valence-electron chi connectivity index (χ1n) is 10.5. The Morgan fingerprint density at radius 3 is 1.38 bits per heavy atom. The number of Topliss-reactive ketones (excluding diaryl/α,β-unsaturated/α-hetero) is 2. The van der Waals surface area contributed by atoms with E-state index in [4.69, 9.17) is 5.73 Å². The molecule has 7 nitrogen and oxygen atoms in total. The lowest BCUT2D eigenvalue weighted by Gasteiger charge is -2.57. The van der Waals surface area contributed by atoms with E-state index in [1.807, 2.05) is 55.4 Å². The van der Waals surface area contributed by atoms with Crippen LogP contribution in [0.1, 0.15) is 94.4 Å². The van der Waals surface area contributed by atoms with Gasteiger partial charge in [-0.1, -0.05) is 0 Å². The van der Waals surface area contributed by atoms with E-state index in [0.29, 0.717) is 25.7 Å². The number of rotatable bonds is 4. The minimum atomic E-state index is -1.13. The van der Waals surface area contributed by atoms with E-state index in [1.54, 1.807) is 6.92 Å². The molecule has 2 fully saturated rings. The van der Waals surface area contributed by atoms with Crippen LogP contribution in [0.2, 0.25) is 0 Å². The van der Waals surface area contributed by atoms with Gasteiger partial charge in [0.25, 0.3) is 0 Å². The van der Waals surface area contributed by atoms with Crippen molar-refractivity contribution < 1.29 is 20.0 Å². The molecule has 0 atom stereocenters. The SMILES string of the molecule is CC(=O)C1(CC(=O)C2(N)CC(C)(C)N(O)C(C)(C)C2)CC(C)(C)N(O)C(C)(C)C1. The second-order valence-corrected chi connectivity index (χ2v) is 12.2. The minimum absolute atomic E-state index is 0.0400. The summed E-state index contributed by atoms with van der Waals surface area (Å²) in [5.74, 6) is -0.179. The zero-order chi connectivity index (χ0) is 22.8. The van der Waals surface area contributed by atoms with Crippen LogP contribution in [0.5, 0.6) is 0 Å². The van der Waals surface area contributed by atoms with Gasteiger partial charge in [-0.15, -0.1) is 0 Å². The Hall–Kier alpha value is -0.860. The first kappa shape index (κ1) is 24.4. The summed E-state index contributed by atoms with van der Waals surface area (Å²) < 4.78 is 0. The van der Waals surface area contributed by atoms with Gasteiger partial charge in [0.15, 0.2) is 5.78 Å². The zero-order valence-corrected chi connectivity index (χ0v) is 19.7. The Kier molecular flexibility index (Phi) is 5.74. The van der Waals surface area contributed by atoms with Crippen LogP contribution in [0, 0.1) is 5.41 Å². The quantitative estimate of drug-likeness (QED) is 0.651. The Bertz CT molecular complexity index is 660. The average Bonchev–Trinajstić information content (AvgIpc) is 2.48. The Labute approximate surface area is 175 Å². The van der Waals surface area contributed by atoms with Crippen LogP contribution in [0.4, 0.5) is 0 Å². The molecular weight excluding hydrogens is 370 g/mol. The fraction of sp³-hybridized carbons (Fsp3) is 0.909. The number of carbonyl (C=O) groups excluding carboxylic acids is 2. The molecule has 0 aromatic rings. The van der Waals surface area contributed by atoms with Crippen molar-refractivity contribution >= 4 is 11.6 Å². The van der Waals surface area contributed by atoms with Crippen LogP contribution in [-0.2, 0) is 9.59 Å². The molecule has 0 unspecified atom stereocenters. The van der Waals surface area contributed by atoms with Crippen LogP contribution in [0.25, 0.3) is 0 Å². The maximum atomic E-state index is 13.6. The molecule has 0 amide bonds. The van der Waals surface area contributed by atoms with E-state index in [-0.39, 0.29) is 18.0 Å². The number of hydrogen-bond acceptors (Lipinski definition) is 7. The normalized spacial score (nSPS) is 29.9. The van der Waals surface area contributed by atoms with Gasteiger partial charge in [0, 0.05) is 34.0 Å². The number of nitrogens with zero attached hydrogens (tertiary/aromatic N) is 2. The van der Waals surface area contributed by atoms with Crippen molar-refractivity contribution in [3.05, 3.63) is 0 Å². The van der Waals surface area contributed by atoms with Gasteiger partial charge in [-0.25, -0.2) is 0 Å². The number of hydrogen-bond donors (Lipinski definition) is 3. The molecule has 168 valence electrons. The number of piperidine rings is 2. The molecule has 2 aliphatic rings. The molecule has 2 heterocycles. The number of hydroxylamine groups is 4. The third-order valence-corrected chi connectivity index (χ3v) is 7.13. The van der Waals surface area contributed by atoms with E-state index < -0.39 is 33.1 Å². The van der Waals surface area contributed by atoms with Crippen molar-refractivity contribution in [3.8, 4) is 0 Å². The summed E-state index contributed by atoms with van der Waals surface area (Å²) in [6.45, 7) is 16.6. The molecule has 0 spiro atoms. The van der Waals surface area contributed by atoms with Crippen molar-refractivity contribution in [2.75, 3.05) is 0 Å². The van der Waals surface area contributed by atoms with Gasteiger partial charge in [-0.2, -0.15) is 10.1 Å². The topological polar surface area (TPSA) is 107 Å². The molecule has 2 rings (SSSR count). The van der Waals surface area contributed by atoms with Crippen LogP contribution in [-0.4, -0.2) is 59.8 Å². The number of ketones is 2. The summed E-state index contributed by atoms with van der Waals surface area (Å²) in [6.07, 6.45) is 1.44. The first-order valence-corrected chi connectivity index (χ1v) is 10.5. The van der Waals surface area contributed by atoms with Gasteiger partial charge in [0.2, 0.25) is 0 Å². The highest BCUT2D eigenvalue weighted by atomic mass is 16.5. The third-order valence-electron chi connectivity index (χ3n) is 7.13. The highest BCUT2D eigenvalue weighted by Crippen LogP contribution is 2.51. The van der Waals surface area contributed by atoms with Gasteiger partial charge >= 0.3 is 0 Å². The van der Waals surface area contributed by atoms with Crippen LogP contribution in [0.15, 0.2) is 0 Å². The van der Waals surface area contributed by atoms with Crippen LogP contribution in [0.3, 0.4) is 0 Å². The third kappa shape index (κ3) is 4.17. The van der Waals surface area contributed by atoms with Crippen molar-refractivity contribution in [3.63, 3.8) is 0 Å². The highest BCUT2D eigenvalue weighted by molar-refractivity contribution is 5.95. The largest absolute Gasteiger partial charge is 0.319 e. The predicted octanol–water partition coefficient (Wildman–Crippen LogP) is 3.30. The molecule has 2 aliphatic heterocycles. The molecule has 0 aliphatic carbocycles. The summed E-state index contributed by atoms with van der Waals surface area (Å²) in [4.78, 5) is 26.5. The molecular formula is C22H41N3O4. The molecule has 4 N–H and O–H groups in total. The molecule has 0 aromatic heterocycles. The first-order chi connectivity index (χ1) is 12.7. The van der Waals surface area contributed by atoms with Gasteiger partial charge in [-0.3, -0.25) is 9.59 Å². The number of nitrogens with two attached hydrogens (primary N) is 1. The van der Waals surface area contributed by atoms with Crippen molar-refractivity contribution in [1.82, 2.24) is 10.1 Å². The highest BCUT2D eigenvalue weighted by Gasteiger charge is 2.58. The monoisotopic (exact) mass is 411 g/mol. The van der Waals surface area contributed by atoms with Crippen molar-refractivity contribution in [1.29, 1.82) is 0 Å². The second-order valence-electron chi connectivity index (χ2n) is 12.2. The maximum absolute atomic E-state index is 13.6. The van der Waals surface area contributed by atoms with Crippen LogP contribution >= 0.6 is 0 Å². The van der Waals surface area contributed by atoms with Crippen molar-refractivity contribution in [2.24, 2.45) is 11.1 Å². The lowest BCUT2D eigenvalue weighted by molar-refractivity contribution is -0.262. The Morgan fingerprint density at radius 2 is 1.07 bits per heavy atom. The molecule has 0 aromatic carbocycles. The summed E-state index contributed by atoms with van der Waals surface area (Å²) in [5.41, 5.74) is 2.07. The average molecular weight is 412 g/mol. The fourth-order valence-corrected chi connectivity index (χ4v) is 6.44. The van der Waals surface area contributed by atoms with E-state index in [1.165, 1.54) is 10.1 Å². The maximum Gasteiger partial charge on any atom is 0.153 e. The van der Waals surface area contributed by atoms with E-state index >= 15 is 0 Å². The summed E-state index contributed by atoms with van der Waals surface area (Å²) in [5, 5.41) is 23.9. The number of carbonyl (C=O) groups is 2. The molecule has 0 saturated carbocycles. The van der Waals surface area contributed by atoms with E-state index in [0.717, 1.165) is 0 Å². The van der Waals surface area contributed by atoms with Gasteiger partial charge in [0.1, 0.15) is 5.78 Å². The standard InChI is InChI=1S/C22H41N3O4/c1-15(26)21(11-17(2,3)24(28)18(4,5)12-21)10-16(27)22(23)13-19(6,7)25(29)20(8,9)14-22/h28-29H,10-14,23H2,1-9H3. The summed E-state index contributed by atoms with van der Waals surface area (Å²) in [7, 11) is 0. The predicted molar refractivity (Wildman–Crippen MR) is 112 cm³/mol. The molecule has 2 saturated heterocycles. The van der Waals surface area contributed by atoms with E-state index in [2.05, 4.69) is 0 Å². The lowest BCUT2D eigenvalue weighted by Crippen LogP contribution is -2.70. The Balaban J connectivity index is 2.41. The fourth-order valence-electron chi connectivity index (χ4n) is 6.44. The molecule has 0 bridgehead atoms. The zero-order valence-electron chi connectivity index (χ0n) is 19.7. The van der Waals surface area contributed by atoms with Gasteiger partial charge < -0.3 is 16.1 Å². The Morgan fingerprint density at radius 1 is 0.759 bits per heavy atom. The molecule has 7 heteroatoms. The molecule has 0 radical (unpaired) electrons. The van der Waals surface area contributed by atoms with E-state index in [9.17, 15) is 20.0 Å². The smallest absolute Gasteiger partial charge is 0.153 e. The van der Waals surface area contributed by atoms with Gasteiger partial charge in [-0.05, 0) is 88.0 Å². The molecule has 29 heavy (non-hydrogen) atoms. The lowest BCUT2D eigenvalue weighted by atomic mass is 9.59.